The molecule has 1 N–H and O–H groups in total. The number of aromatic nitrogens is 4. The zero-order chi connectivity index (χ0) is 25.6. The van der Waals surface area contributed by atoms with Crippen molar-refractivity contribution in [3.8, 4) is 11.1 Å². The summed E-state index contributed by atoms with van der Waals surface area (Å²) in [6, 6.07) is 7.88. The number of carbonyl (C=O) groups is 2. The lowest BCUT2D eigenvalue weighted by Crippen LogP contribution is -2.61. The number of rotatable bonds is 4. The average molecular weight is 514 g/mol. The minimum Gasteiger partial charge on any atom is -0.371 e. The third-order valence-electron chi connectivity index (χ3n) is 7.41. The van der Waals surface area contributed by atoms with Crippen molar-refractivity contribution in [2.75, 3.05) is 36.4 Å². The number of anilines is 2. The maximum atomic E-state index is 13.4. The van der Waals surface area contributed by atoms with Gasteiger partial charge in [0.25, 0.3) is 5.91 Å². The van der Waals surface area contributed by atoms with E-state index in [2.05, 4.69) is 30.2 Å². The second-order valence-electron chi connectivity index (χ2n) is 9.96. The van der Waals surface area contributed by atoms with Crippen molar-refractivity contribution in [2.45, 2.75) is 26.7 Å². The standard InChI is InChI=1S/C27H27N7O2S/c1-17-11-22(33-9-5-27(6-10-33)15-34(16-27)18(2)35)21(14-29-17)25(36)32-26-31-24-23(37-26)12-20(13-30-24)19-3-7-28-8-4-19/h3-4,7-8,11-14H,5-6,9-10,15-16H2,1-2H3,(H,30,31,32,36). The molecule has 0 saturated carbocycles. The van der Waals surface area contributed by atoms with Crippen molar-refractivity contribution < 1.29 is 9.59 Å². The van der Waals surface area contributed by atoms with Gasteiger partial charge in [0.1, 0.15) is 0 Å². The Kier molecular flexibility index (Phi) is 5.83. The van der Waals surface area contributed by atoms with Gasteiger partial charge in [-0.3, -0.25) is 24.9 Å². The summed E-state index contributed by atoms with van der Waals surface area (Å²) in [5, 5.41) is 3.47. The quantitative estimate of drug-likeness (QED) is 0.437. The number of hydrogen-bond acceptors (Lipinski definition) is 8. The third kappa shape index (κ3) is 4.53. The Labute approximate surface area is 218 Å². The van der Waals surface area contributed by atoms with Crippen molar-refractivity contribution in [1.82, 2.24) is 24.8 Å². The summed E-state index contributed by atoms with van der Waals surface area (Å²) in [5.74, 6) is -0.0852. The summed E-state index contributed by atoms with van der Waals surface area (Å²) in [7, 11) is 0. The molecule has 2 fully saturated rings. The molecule has 6 heterocycles. The number of carbonyl (C=O) groups excluding carboxylic acids is 2. The molecule has 0 aliphatic carbocycles. The highest BCUT2D eigenvalue weighted by Crippen LogP contribution is 2.42. The lowest BCUT2D eigenvalue weighted by Gasteiger charge is -2.54. The molecular weight excluding hydrogens is 486 g/mol. The first-order valence-corrected chi connectivity index (χ1v) is 13.2. The summed E-state index contributed by atoms with van der Waals surface area (Å²) in [6.45, 7) is 6.94. The molecule has 0 aromatic carbocycles. The number of pyridine rings is 3. The number of amides is 2. The smallest absolute Gasteiger partial charge is 0.261 e. The van der Waals surface area contributed by atoms with Crippen LogP contribution in [0.3, 0.4) is 0 Å². The molecule has 1 spiro atoms. The highest BCUT2D eigenvalue weighted by atomic mass is 32.1. The molecule has 2 aliphatic rings. The Hall–Kier alpha value is -3.92. The Balaban J connectivity index is 1.19. The van der Waals surface area contributed by atoms with Crippen molar-refractivity contribution in [1.29, 1.82) is 0 Å². The molecule has 2 amide bonds. The van der Waals surface area contributed by atoms with Gasteiger partial charge in [-0.25, -0.2) is 4.98 Å². The Morgan fingerprint density at radius 3 is 2.51 bits per heavy atom. The minimum absolute atomic E-state index is 0.149. The molecule has 6 rings (SSSR count). The first kappa shape index (κ1) is 23.5. The lowest BCUT2D eigenvalue weighted by atomic mass is 9.72. The normalized spacial score (nSPS) is 16.6. The van der Waals surface area contributed by atoms with Gasteiger partial charge in [-0.2, -0.15) is 4.98 Å². The van der Waals surface area contributed by atoms with Crippen LogP contribution in [0.15, 0.2) is 49.1 Å². The van der Waals surface area contributed by atoms with E-state index < -0.39 is 0 Å². The molecule has 0 radical (unpaired) electrons. The zero-order valence-electron chi connectivity index (χ0n) is 20.8. The molecule has 0 unspecified atom stereocenters. The van der Waals surface area contributed by atoms with Crippen LogP contribution in [0.4, 0.5) is 10.8 Å². The number of thiazole rings is 1. The largest absolute Gasteiger partial charge is 0.371 e. The SMILES string of the molecule is CC(=O)N1CC2(CCN(c3cc(C)ncc3C(=O)Nc3nc4ncc(-c5ccncc5)cc4s3)CC2)C1. The summed E-state index contributed by atoms with van der Waals surface area (Å²) in [6.07, 6.45) is 8.94. The topological polar surface area (TPSA) is 104 Å². The van der Waals surface area contributed by atoms with Crippen molar-refractivity contribution >= 4 is 44.3 Å². The molecule has 37 heavy (non-hydrogen) atoms. The number of piperidine rings is 1. The van der Waals surface area contributed by atoms with E-state index in [1.54, 1.807) is 31.7 Å². The zero-order valence-corrected chi connectivity index (χ0v) is 21.6. The van der Waals surface area contributed by atoms with Crippen LogP contribution in [0.2, 0.25) is 0 Å². The van der Waals surface area contributed by atoms with E-state index in [9.17, 15) is 9.59 Å². The number of likely N-dealkylation sites (tertiary alicyclic amines) is 1. The van der Waals surface area contributed by atoms with Gasteiger partial charge in [0, 0.05) is 74.6 Å². The Morgan fingerprint density at radius 1 is 1.03 bits per heavy atom. The molecule has 9 nitrogen and oxygen atoms in total. The second kappa shape index (κ2) is 9.19. The van der Waals surface area contributed by atoms with Crippen LogP contribution in [-0.2, 0) is 4.79 Å². The van der Waals surface area contributed by atoms with Gasteiger partial charge < -0.3 is 9.80 Å². The average Bonchev–Trinajstić information content (AvgIpc) is 3.29. The van der Waals surface area contributed by atoms with Crippen molar-refractivity contribution in [2.24, 2.45) is 5.41 Å². The fraction of sp³-hybridized carbons (Fsp3) is 0.333. The van der Waals surface area contributed by atoms with Gasteiger partial charge in [-0.1, -0.05) is 11.3 Å². The molecule has 10 heteroatoms. The van der Waals surface area contributed by atoms with E-state index in [1.165, 1.54) is 11.3 Å². The molecule has 2 saturated heterocycles. The summed E-state index contributed by atoms with van der Waals surface area (Å²) in [4.78, 5) is 46.7. The summed E-state index contributed by atoms with van der Waals surface area (Å²) < 4.78 is 0.897. The van der Waals surface area contributed by atoms with Crippen LogP contribution in [0.5, 0.6) is 0 Å². The van der Waals surface area contributed by atoms with E-state index >= 15 is 0 Å². The maximum Gasteiger partial charge on any atom is 0.261 e. The van der Waals surface area contributed by atoms with Gasteiger partial charge in [-0.15, -0.1) is 0 Å². The number of fused-ring (bicyclic) bond motifs is 1. The minimum atomic E-state index is -0.234. The van der Waals surface area contributed by atoms with E-state index in [1.807, 2.05) is 36.1 Å². The first-order chi connectivity index (χ1) is 17.9. The Bertz CT molecular complexity index is 1490. The Morgan fingerprint density at radius 2 is 1.78 bits per heavy atom. The predicted octanol–water partition coefficient (Wildman–Crippen LogP) is 4.16. The van der Waals surface area contributed by atoms with Gasteiger partial charge in [-0.05, 0) is 49.6 Å². The van der Waals surface area contributed by atoms with Crippen LogP contribution < -0.4 is 10.2 Å². The van der Waals surface area contributed by atoms with Crippen LogP contribution >= 0.6 is 11.3 Å². The van der Waals surface area contributed by atoms with Gasteiger partial charge in [0.2, 0.25) is 5.91 Å². The molecular formula is C27H27N7O2S. The van der Waals surface area contributed by atoms with E-state index in [4.69, 9.17) is 0 Å². The van der Waals surface area contributed by atoms with E-state index in [-0.39, 0.29) is 17.2 Å². The molecule has 0 atom stereocenters. The monoisotopic (exact) mass is 513 g/mol. The van der Waals surface area contributed by atoms with Crippen LogP contribution in [0.25, 0.3) is 21.5 Å². The van der Waals surface area contributed by atoms with E-state index in [0.29, 0.717) is 16.3 Å². The number of hydrogen-bond donors (Lipinski definition) is 1. The van der Waals surface area contributed by atoms with Crippen molar-refractivity contribution in [3.05, 3.63) is 60.3 Å². The lowest BCUT2D eigenvalue weighted by molar-refractivity contribution is -0.142. The number of aryl methyl sites for hydroxylation is 1. The van der Waals surface area contributed by atoms with Gasteiger partial charge in [0.15, 0.2) is 10.8 Å². The summed E-state index contributed by atoms with van der Waals surface area (Å²) >= 11 is 1.40. The molecule has 0 bridgehead atoms. The van der Waals surface area contributed by atoms with Gasteiger partial charge >= 0.3 is 0 Å². The van der Waals surface area contributed by atoms with E-state index in [0.717, 1.165) is 66.2 Å². The predicted molar refractivity (Wildman–Crippen MR) is 144 cm³/mol. The maximum absolute atomic E-state index is 13.4. The summed E-state index contributed by atoms with van der Waals surface area (Å²) in [5.41, 5.74) is 5.11. The highest BCUT2D eigenvalue weighted by Gasteiger charge is 2.46. The molecule has 188 valence electrons. The number of nitrogens with one attached hydrogen (secondary N) is 1. The van der Waals surface area contributed by atoms with Crippen LogP contribution in [0.1, 0.15) is 35.8 Å². The fourth-order valence-corrected chi connectivity index (χ4v) is 6.11. The van der Waals surface area contributed by atoms with Gasteiger partial charge in [0.05, 0.1) is 16.0 Å². The van der Waals surface area contributed by atoms with Crippen molar-refractivity contribution in [3.63, 3.8) is 0 Å². The molecule has 4 aromatic rings. The van der Waals surface area contributed by atoms with Crippen LogP contribution in [-0.4, -0.2) is 62.8 Å². The molecule has 4 aromatic heterocycles. The second-order valence-corrected chi connectivity index (χ2v) is 11.0. The third-order valence-corrected chi connectivity index (χ3v) is 8.31. The first-order valence-electron chi connectivity index (χ1n) is 12.3. The van der Waals surface area contributed by atoms with Crippen LogP contribution in [0, 0.1) is 12.3 Å². The number of nitrogens with zero attached hydrogens (tertiary/aromatic N) is 6. The highest BCUT2D eigenvalue weighted by molar-refractivity contribution is 7.22. The molecule has 2 aliphatic heterocycles. The fourth-order valence-electron chi connectivity index (χ4n) is 5.25.